The van der Waals surface area contributed by atoms with Crippen LogP contribution in [0.5, 0.6) is 0 Å². The van der Waals surface area contributed by atoms with Gasteiger partial charge in [0.05, 0.1) is 0 Å². The molecule has 1 N–H and O–H groups in total. The quantitative estimate of drug-likeness (QED) is 0.858. The van der Waals surface area contributed by atoms with Crippen molar-refractivity contribution in [3.63, 3.8) is 0 Å². The molecule has 1 saturated heterocycles. The summed E-state index contributed by atoms with van der Waals surface area (Å²) in [6.45, 7) is 5.53. The van der Waals surface area contributed by atoms with Crippen LogP contribution in [0.25, 0.3) is 0 Å². The fourth-order valence-corrected chi connectivity index (χ4v) is 3.93. The molecule has 1 heterocycles. The number of carbonyl (C=O) groups excluding carboxylic acids is 2. The first-order valence-corrected chi connectivity index (χ1v) is 9.82. The van der Waals surface area contributed by atoms with Crippen LogP contribution in [-0.2, 0) is 22.4 Å². The van der Waals surface area contributed by atoms with Crippen molar-refractivity contribution in [2.24, 2.45) is 11.8 Å². The predicted molar refractivity (Wildman–Crippen MR) is 101 cm³/mol. The van der Waals surface area contributed by atoms with Gasteiger partial charge in [-0.1, -0.05) is 31.5 Å². The number of hydrogen-bond donors (Lipinski definition) is 1. The van der Waals surface area contributed by atoms with E-state index in [1.165, 1.54) is 0 Å². The molecule has 0 radical (unpaired) electrons. The van der Waals surface area contributed by atoms with Crippen LogP contribution >= 0.6 is 11.6 Å². The van der Waals surface area contributed by atoms with Gasteiger partial charge in [0.25, 0.3) is 0 Å². The highest BCUT2D eigenvalue weighted by Crippen LogP contribution is 2.33. The number of nitrogens with zero attached hydrogens (tertiary/aromatic N) is 1. The average Bonchev–Trinajstić information content (AvgIpc) is 3.47. The molecule has 0 atom stereocenters. The van der Waals surface area contributed by atoms with Crippen molar-refractivity contribution >= 4 is 29.1 Å². The fraction of sp³-hybridized carbons (Fsp3) is 0.600. The first-order valence-electron chi connectivity index (χ1n) is 9.45. The molecule has 25 heavy (non-hydrogen) atoms. The molecule has 1 aliphatic heterocycles. The Morgan fingerprint density at radius 3 is 2.32 bits per heavy atom. The van der Waals surface area contributed by atoms with E-state index in [-0.39, 0.29) is 23.7 Å². The van der Waals surface area contributed by atoms with E-state index >= 15 is 0 Å². The largest absolute Gasteiger partial charge is 0.342 e. The minimum atomic E-state index is -0.0309. The lowest BCUT2D eigenvalue weighted by molar-refractivity contribution is -0.135. The molecule has 4 nitrogen and oxygen atoms in total. The molecule has 1 aromatic carbocycles. The second-order valence-corrected chi connectivity index (χ2v) is 7.54. The summed E-state index contributed by atoms with van der Waals surface area (Å²) >= 11 is 6.32. The van der Waals surface area contributed by atoms with Crippen LogP contribution in [0.4, 0.5) is 5.69 Å². The zero-order valence-electron chi connectivity index (χ0n) is 15.1. The van der Waals surface area contributed by atoms with Gasteiger partial charge in [-0.2, -0.15) is 0 Å². The molecule has 0 bridgehead atoms. The van der Waals surface area contributed by atoms with Crippen LogP contribution in [0, 0.1) is 11.8 Å². The van der Waals surface area contributed by atoms with Crippen LogP contribution in [0.15, 0.2) is 12.1 Å². The number of amides is 2. The van der Waals surface area contributed by atoms with Gasteiger partial charge < -0.3 is 10.2 Å². The topological polar surface area (TPSA) is 49.4 Å². The Morgan fingerprint density at radius 1 is 1.08 bits per heavy atom. The predicted octanol–water partition coefficient (Wildman–Crippen LogP) is 4.05. The van der Waals surface area contributed by atoms with E-state index in [1.807, 2.05) is 17.0 Å². The van der Waals surface area contributed by atoms with Crippen LogP contribution in [0.3, 0.4) is 0 Å². The van der Waals surface area contributed by atoms with Crippen molar-refractivity contribution in [1.29, 1.82) is 0 Å². The molecule has 0 spiro atoms. The van der Waals surface area contributed by atoms with Gasteiger partial charge in [-0.3, -0.25) is 9.59 Å². The summed E-state index contributed by atoms with van der Waals surface area (Å²) in [5.74, 6) is 0.577. The normalized spacial score (nSPS) is 18.3. The average molecular weight is 363 g/mol. The maximum atomic E-state index is 12.8. The third kappa shape index (κ3) is 4.00. The van der Waals surface area contributed by atoms with E-state index in [0.717, 1.165) is 55.3 Å². The smallest absolute Gasteiger partial charge is 0.227 e. The van der Waals surface area contributed by atoms with Gasteiger partial charge in [0.15, 0.2) is 0 Å². The summed E-state index contributed by atoms with van der Waals surface area (Å²) < 4.78 is 0. The van der Waals surface area contributed by atoms with E-state index in [9.17, 15) is 9.59 Å². The van der Waals surface area contributed by atoms with E-state index in [0.29, 0.717) is 18.1 Å². The fourth-order valence-electron chi connectivity index (χ4n) is 3.64. The Hall–Kier alpha value is -1.55. The van der Waals surface area contributed by atoms with Crippen molar-refractivity contribution in [2.75, 3.05) is 18.4 Å². The molecular formula is C20H27ClN2O2. The standard InChI is InChI=1S/C20H27ClN2O2/c1-3-13-7-8-17(21)16(4-2)18(13)22-19(24)14-9-11-23(12-10-14)20(25)15-5-6-15/h7-8,14-15H,3-6,9-12H2,1-2H3,(H,22,24). The molecule has 136 valence electrons. The molecule has 3 rings (SSSR count). The SMILES string of the molecule is CCc1ccc(Cl)c(CC)c1NC(=O)C1CCN(C(=O)C2CC2)CC1. The number of benzene rings is 1. The van der Waals surface area contributed by atoms with E-state index in [4.69, 9.17) is 11.6 Å². The molecule has 0 aromatic heterocycles. The van der Waals surface area contributed by atoms with Gasteiger partial charge in [0.1, 0.15) is 0 Å². The number of carbonyl (C=O) groups is 2. The number of piperidine rings is 1. The number of aryl methyl sites for hydroxylation is 1. The van der Waals surface area contributed by atoms with Crippen LogP contribution in [-0.4, -0.2) is 29.8 Å². The van der Waals surface area contributed by atoms with Gasteiger partial charge in [0.2, 0.25) is 11.8 Å². The van der Waals surface area contributed by atoms with E-state index in [2.05, 4.69) is 19.2 Å². The highest BCUT2D eigenvalue weighted by atomic mass is 35.5. The second-order valence-electron chi connectivity index (χ2n) is 7.13. The minimum Gasteiger partial charge on any atom is -0.342 e. The first kappa shape index (κ1) is 18.2. The molecule has 1 aliphatic carbocycles. The third-order valence-corrected chi connectivity index (χ3v) is 5.78. The summed E-state index contributed by atoms with van der Waals surface area (Å²) in [4.78, 5) is 26.9. The zero-order chi connectivity index (χ0) is 18.0. The number of anilines is 1. The van der Waals surface area contributed by atoms with Crippen molar-refractivity contribution in [2.45, 2.75) is 52.4 Å². The van der Waals surface area contributed by atoms with Gasteiger partial charge in [-0.15, -0.1) is 0 Å². The highest BCUT2D eigenvalue weighted by Gasteiger charge is 2.36. The monoisotopic (exact) mass is 362 g/mol. The molecular weight excluding hydrogens is 336 g/mol. The second kappa shape index (κ2) is 7.77. The molecule has 1 saturated carbocycles. The Kier molecular flexibility index (Phi) is 5.67. The third-order valence-electron chi connectivity index (χ3n) is 5.43. The van der Waals surface area contributed by atoms with Gasteiger partial charge >= 0.3 is 0 Å². The lowest BCUT2D eigenvalue weighted by Crippen LogP contribution is -2.42. The zero-order valence-corrected chi connectivity index (χ0v) is 15.9. The van der Waals surface area contributed by atoms with Crippen LogP contribution in [0.2, 0.25) is 5.02 Å². The Labute approximate surface area is 154 Å². The van der Waals surface area contributed by atoms with Crippen molar-refractivity contribution in [3.05, 3.63) is 28.3 Å². The molecule has 2 fully saturated rings. The summed E-state index contributed by atoms with van der Waals surface area (Å²) in [7, 11) is 0. The number of nitrogens with one attached hydrogen (secondary N) is 1. The van der Waals surface area contributed by atoms with Crippen molar-refractivity contribution < 1.29 is 9.59 Å². The summed E-state index contributed by atoms with van der Waals surface area (Å²) in [5.41, 5.74) is 3.02. The summed E-state index contributed by atoms with van der Waals surface area (Å²) in [6, 6.07) is 3.91. The number of halogens is 1. The van der Waals surface area contributed by atoms with E-state index in [1.54, 1.807) is 0 Å². The Bertz CT molecular complexity index is 662. The van der Waals surface area contributed by atoms with Gasteiger partial charge in [-0.05, 0) is 55.7 Å². The Balaban J connectivity index is 1.65. The number of rotatable bonds is 5. The molecule has 2 amide bonds. The maximum Gasteiger partial charge on any atom is 0.227 e. The Morgan fingerprint density at radius 2 is 1.76 bits per heavy atom. The molecule has 1 aromatic rings. The maximum absolute atomic E-state index is 12.8. The first-order chi connectivity index (χ1) is 12.0. The van der Waals surface area contributed by atoms with Gasteiger partial charge in [0, 0.05) is 35.6 Å². The van der Waals surface area contributed by atoms with Crippen LogP contribution < -0.4 is 5.32 Å². The van der Waals surface area contributed by atoms with E-state index < -0.39 is 0 Å². The molecule has 0 unspecified atom stereocenters. The van der Waals surface area contributed by atoms with Crippen molar-refractivity contribution in [1.82, 2.24) is 4.90 Å². The van der Waals surface area contributed by atoms with Crippen molar-refractivity contribution in [3.8, 4) is 0 Å². The summed E-state index contributed by atoms with van der Waals surface area (Å²) in [5, 5.41) is 3.85. The lowest BCUT2D eigenvalue weighted by Gasteiger charge is -2.31. The number of hydrogen-bond acceptors (Lipinski definition) is 2. The van der Waals surface area contributed by atoms with Crippen LogP contribution in [0.1, 0.15) is 50.7 Å². The van der Waals surface area contributed by atoms with Gasteiger partial charge in [-0.25, -0.2) is 0 Å². The number of likely N-dealkylation sites (tertiary alicyclic amines) is 1. The highest BCUT2D eigenvalue weighted by molar-refractivity contribution is 6.32. The lowest BCUT2D eigenvalue weighted by atomic mass is 9.94. The minimum absolute atomic E-state index is 0.0309. The molecule has 5 heteroatoms. The molecule has 2 aliphatic rings. The summed E-state index contributed by atoms with van der Waals surface area (Å²) in [6.07, 6.45) is 5.20.